The van der Waals surface area contributed by atoms with Gasteiger partial charge in [-0.1, -0.05) is 18.2 Å². The van der Waals surface area contributed by atoms with E-state index in [1.807, 2.05) is 42.3 Å². The lowest BCUT2D eigenvalue weighted by Crippen LogP contribution is -2.52. The summed E-state index contributed by atoms with van der Waals surface area (Å²) in [7, 11) is 4.55. The van der Waals surface area contributed by atoms with Crippen molar-refractivity contribution < 1.29 is 14.4 Å². The van der Waals surface area contributed by atoms with E-state index in [1.54, 1.807) is 12.3 Å². The second-order valence-electron chi connectivity index (χ2n) is 4.88. The van der Waals surface area contributed by atoms with E-state index in [4.69, 9.17) is 0 Å². The maximum atomic E-state index is 12.0. The number of amides is 4. The summed E-state index contributed by atoms with van der Waals surface area (Å²) in [6.07, 6.45) is 4.76. The summed E-state index contributed by atoms with van der Waals surface area (Å²) < 4.78 is 0. The number of carbonyl (C=O) groups is 3. The van der Waals surface area contributed by atoms with E-state index in [0.29, 0.717) is 0 Å². The molecule has 1 aromatic rings. The zero-order chi connectivity index (χ0) is 16.3. The molecule has 0 spiro atoms. The molecule has 0 radical (unpaired) electrons. The fourth-order valence-corrected chi connectivity index (χ4v) is 2.01. The zero-order valence-corrected chi connectivity index (χ0v) is 12.7. The average Bonchev–Trinajstić information content (AvgIpc) is 2.55. The molecule has 2 rings (SSSR count). The van der Waals surface area contributed by atoms with E-state index in [9.17, 15) is 14.4 Å². The molecule has 6 heteroatoms. The van der Waals surface area contributed by atoms with E-state index in [-0.39, 0.29) is 5.57 Å². The average molecular weight is 299 g/mol. The van der Waals surface area contributed by atoms with E-state index in [1.165, 1.54) is 20.2 Å². The number of urea groups is 1. The molecule has 1 fully saturated rings. The second-order valence-corrected chi connectivity index (χ2v) is 4.88. The molecule has 0 atom stereocenters. The summed E-state index contributed by atoms with van der Waals surface area (Å²) in [5.74, 6) is -1.19. The largest absolute Gasteiger partial charge is 0.351 e. The highest BCUT2D eigenvalue weighted by Gasteiger charge is 2.37. The molecular formula is C16H17N3O3. The summed E-state index contributed by atoms with van der Waals surface area (Å²) >= 11 is 0. The van der Waals surface area contributed by atoms with Crippen LogP contribution in [0.3, 0.4) is 0 Å². The van der Waals surface area contributed by atoms with Crippen LogP contribution in [0.5, 0.6) is 0 Å². The minimum absolute atomic E-state index is 0.0395. The lowest BCUT2D eigenvalue weighted by Gasteiger charge is -2.28. The fraction of sp³-hybridized carbons (Fsp3) is 0.188. The minimum Gasteiger partial charge on any atom is -0.351 e. The zero-order valence-electron chi connectivity index (χ0n) is 12.7. The lowest BCUT2D eigenvalue weighted by atomic mass is 10.1. The van der Waals surface area contributed by atoms with Crippen molar-refractivity contribution in [3.63, 3.8) is 0 Å². The first-order valence-corrected chi connectivity index (χ1v) is 6.70. The number of barbiturate groups is 1. The summed E-state index contributed by atoms with van der Waals surface area (Å²) in [5, 5.41) is 0. The van der Waals surface area contributed by atoms with Crippen LogP contribution in [0.1, 0.15) is 0 Å². The molecule has 1 saturated heterocycles. The molecule has 0 bridgehead atoms. The van der Waals surface area contributed by atoms with Crippen molar-refractivity contribution in [2.45, 2.75) is 0 Å². The van der Waals surface area contributed by atoms with Gasteiger partial charge in [-0.3, -0.25) is 19.4 Å². The maximum absolute atomic E-state index is 12.0. The van der Waals surface area contributed by atoms with Crippen LogP contribution in [0.15, 0.2) is 54.3 Å². The van der Waals surface area contributed by atoms with Crippen molar-refractivity contribution in [1.29, 1.82) is 0 Å². The van der Waals surface area contributed by atoms with E-state index in [0.717, 1.165) is 15.5 Å². The minimum atomic E-state index is -0.627. The SMILES string of the molecule is CN1C(=O)C(=C/C=C/N(C)c2ccccc2)C(=O)N(C)C1=O. The number of benzene rings is 1. The molecule has 0 aromatic heterocycles. The molecule has 0 unspecified atom stereocenters. The van der Waals surface area contributed by atoms with Gasteiger partial charge in [0.15, 0.2) is 0 Å². The van der Waals surface area contributed by atoms with Gasteiger partial charge in [-0.2, -0.15) is 0 Å². The van der Waals surface area contributed by atoms with Crippen LogP contribution in [-0.2, 0) is 9.59 Å². The molecule has 0 aliphatic carbocycles. The van der Waals surface area contributed by atoms with Crippen molar-refractivity contribution in [3.8, 4) is 0 Å². The smallest absolute Gasteiger partial charge is 0.333 e. The number of imide groups is 2. The molecule has 6 nitrogen and oxygen atoms in total. The number of allylic oxidation sites excluding steroid dienone is 2. The Kier molecular flexibility index (Phi) is 4.41. The molecule has 1 aromatic carbocycles. The van der Waals surface area contributed by atoms with E-state index < -0.39 is 17.8 Å². The molecule has 1 heterocycles. The predicted octanol–water partition coefficient (Wildman–Crippen LogP) is 1.61. The third-order valence-electron chi connectivity index (χ3n) is 3.38. The normalized spacial score (nSPS) is 15.8. The Balaban J connectivity index is 2.18. The first-order chi connectivity index (χ1) is 10.4. The monoisotopic (exact) mass is 299 g/mol. The molecular weight excluding hydrogens is 282 g/mol. The lowest BCUT2D eigenvalue weighted by molar-refractivity contribution is -0.134. The maximum Gasteiger partial charge on any atom is 0.333 e. The van der Waals surface area contributed by atoms with Gasteiger partial charge in [-0.25, -0.2) is 4.79 Å². The molecule has 0 N–H and O–H groups in total. The number of rotatable bonds is 3. The van der Waals surface area contributed by atoms with Crippen molar-refractivity contribution >= 4 is 23.5 Å². The van der Waals surface area contributed by atoms with Crippen LogP contribution < -0.4 is 4.90 Å². The Morgan fingerprint density at radius 2 is 1.50 bits per heavy atom. The van der Waals surface area contributed by atoms with Gasteiger partial charge in [-0.15, -0.1) is 0 Å². The number of nitrogens with zero attached hydrogens (tertiary/aromatic N) is 3. The first-order valence-electron chi connectivity index (χ1n) is 6.70. The van der Waals surface area contributed by atoms with Crippen LogP contribution in [0.4, 0.5) is 10.5 Å². The quantitative estimate of drug-likeness (QED) is 0.628. The molecule has 0 saturated carbocycles. The van der Waals surface area contributed by atoms with Crippen molar-refractivity contribution in [2.24, 2.45) is 0 Å². The predicted molar refractivity (Wildman–Crippen MR) is 83.0 cm³/mol. The Bertz CT molecular complexity index is 638. The van der Waals surface area contributed by atoms with Crippen LogP contribution in [0, 0.1) is 0 Å². The molecule has 1 aliphatic rings. The van der Waals surface area contributed by atoms with Gasteiger partial charge in [0.1, 0.15) is 5.57 Å². The summed E-state index contributed by atoms with van der Waals surface area (Å²) in [6, 6.07) is 9.01. The van der Waals surface area contributed by atoms with E-state index >= 15 is 0 Å². The second kappa shape index (κ2) is 6.26. The Labute approximate surface area is 128 Å². The number of hydrogen-bond acceptors (Lipinski definition) is 4. The van der Waals surface area contributed by atoms with Gasteiger partial charge in [-0.05, 0) is 24.3 Å². The van der Waals surface area contributed by atoms with E-state index in [2.05, 4.69) is 0 Å². The van der Waals surface area contributed by atoms with Crippen molar-refractivity contribution in [1.82, 2.24) is 9.80 Å². The van der Waals surface area contributed by atoms with Crippen LogP contribution >= 0.6 is 0 Å². The molecule has 1 aliphatic heterocycles. The summed E-state index contributed by atoms with van der Waals surface area (Å²) in [6.45, 7) is 0. The topological polar surface area (TPSA) is 60.9 Å². The summed E-state index contributed by atoms with van der Waals surface area (Å²) in [4.78, 5) is 39.3. The number of para-hydroxylation sites is 1. The number of anilines is 1. The molecule has 4 amide bonds. The fourth-order valence-electron chi connectivity index (χ4n) is 2.01. The van der Waals surface area contributed by atoms with Gasteiger partial charge in [0.05, 0.1) is 0 Å². The van der Waals surface area contributed by atoms with Gasteiger partial charge in [0.25, 0.3) is 11.8 Å². The van der Waals surface area contributed by atoms with Gasteiger partial charge in [0.2, 0.25) is 0 Å². The Hall–Kier alpha value is -2.89. The highest BCUT2D eigenvalue weighted by atomic mass is 16.2. The van der Waals surface area contributed by atoms with Gasteiger partial charge >= 0.3 is 6.03 Å². The van der Waals surface area contributed by atoms with Gasteiger partial charge < -0.3 is 4.90 Å². The third kappa shape index (κ3) is 2.90. The highest BCUT2D eigenvalue weighted by molar-refractivity contribution is 6.28. The Morgan fingerprint density at radius 1 is 0.955 bits per heavy atom. The number of carbonyl (C=O) groups excluding carboxylic acids is 3. The standard InChI is InChI=1S/C16H17N3O3/c1-17(12-8-5-4-6-9-12)11-7-10-13-14(20)18(2)16(22)19(3)15(13)21/h4-11H,1-3H3/b11-7+. The van der Waals surface area contributed by atoms with Crippen LogP contribution in [0.2, 0.25) is 0 Å². The summed E-state index contributed by atoms with van der Waals surface area (Å²) in [5.41, 5.74) is 0.935. The number of likely N-dealkylation sites (N-methyl/N-ethyl adjacent to an activating group) is 2. The van der Waals surface area contributed by atoms with Crippen LogP contribution in [-0.4, -0.2) is 48.8 Å². The first kappa shape index (κ1) is 15.5. The van der Waals surface area contributed by atoms with Gasteiger partial charge in [0, 0.05) is 33.0 Å². The Morgan fingerprint density at radius 3 is 2.05 bits per heavy atom. The highest BCUT2D eigenvalue weighted by Crippen LogP contribution is 2.15. The molecule has 114 valence electrons. The third-order valence-corrected chi connectivity index (χ3v) is 3.38. The molecule has 22 heavy (non-hydrogen) atoms. The van der Waals surface area contributed by atoms with Crippen molar-refractivity contribution in [3.05, 3.63) is 54.3 Å². The van der Waals surface area contributed by atoms with Crippen molar-refractivity contribution in [2.75, 3.05) is 26.0 Å². The number of hydrogen-bond donors (Lipinski definition) is 0. The van der Waals surface area contributed by atoms with Crippen LogP contribution in [0.25, 0.3) is 0 Å².